The second kappa shape index (κ2) is 5.62. The van der Waals surface area contributed by atoms with Crippen LogP contribution in [0.3, 0.4) is 0 Å². The van der Waals surface area contributed by atoms with Gasteiger partial charge >= 0.3 is 6.03 Å². The van der Waals surface area contributed by atoms with Crippen molar-refractivity contribution in [3.8, 4) is 0 Å². The van der Waals surface area contributed by atoms with E-state index in [-0.39, 0.29) is 17.3 Å². The van der Waals surface area contributed by atoms with Crippen LogP contribution in [0, 0.1) is 5.82 Å². The summed E-state index contributed by atoms with van der Waals surface area (Å²) in [6.45, 7) is 1.41. The molecule has 118 valence electrons. The molecule has 23 heavy (non-hydrogen) atoms. The molecule has 1 fully saturated rings. The Labute approximate surface area is 137 Å². The number of halogens is 2. The molecule has 1 saturated heterocycles. The molecule has 1 aromatic heterocycles. The number of hydrogen-bond donors (Lipinski definition) is 1. The molecule has 0 unspecified atom stereocenters. The summed E-state index contributed by atoms with van der Waals surface area (Å²) >= 11 is 6.05. The molecule has 5 nitrogen and oxygen atoms in total. The van der Waals surface area contributed by atoms with Gasteiger partial charge in [-0.3, -0.25) is 9.69 Å². The van der Waals surface area contributed by atoms with E-state index in [1.165, 1.54) is 18.3 Å². The number of nitrogens with one attached hydrogen (secondary N) is 1. The summed E-state index contributed by atoms with van der Waals surface area (Å²) in [5, 5.41) is 2.75. The Morgan fingerprint density at radius 2 is 2.00 bits per heavy atom. The Morgan fingerprint density at radius 3 is 2.70 bits per heavy atom. The maximum Gasteiger partial charge on any atom is 0.325 e. The van der Waals surface area contributed by atoms with E-state index in [4.69, 9.17) is 11.6 Å². The SMILES string of the molecule is C[C@@]1(c2cccnc2Cl)NC(=O)N(Cc2ccccc2F)C1=O. The van der Waals surface area contributed by atoms with E-state index in [0.29, 0.717) is 5.56 Å². The first-order valence-electron chi connectivity index (χ1n) is 6.92. The van der Waals surface area contributed by atoms with Gasteiger partial charge in [0.15, 0.2) is 0 Å². The molecule has 0 radical (unpaired) electrons. The van der Waals surface area contributed by atoms with Gasteiger partial charge in [-0.25, -0.2) is 14.2 Å². The average molecular weight is 334 g/mol. The van der Waals surface area contributed by atoms with Crippen LogP contribution in [0.4, 0.5) is 9.18 Å². The number of hydrogen-bond acceptors (Lipinski definition) is 3. The molecule has 0 spiro atoms. The predicted molar refractivity (Wildman–Crippen MR) is 82.1 cm³/mol. The van der Waals surface area contributed by atoms with Crippen LogP contribution in [-0.2, 0) is 16.9 Å². The minimum absolute atomic E-state index is 0.136. The van der Waals surface area contributed by atoms with Crippen molar-refractivity contribution in [3.05, 3.63) is 64.7 Å². The van der Waals surface area contributed by atoms with Crippen molar-refractivity contribution in [1.82, 2.24) is 15.2 Å². The van der Waals surface area contributed by atoms with Gasteiger partial charge in [0.05, 0.1) is 6.54 Å². The summed E-state index contributed by atoms with van der Waals surface area (Å²) in [7, 11) is 0. The van der Waals surface area contributed by atoms with Crippen molar-refractivity contribution in [2.75, 3.05) is 0 Å². The predicted octanol–water partition coefficient (Wildman–Crippen LogP) is 2.84. The van der Waals surface area contributed by atoms with Crippen molar-refractivity contribution in [1.29, 1.82) is 0 Å². The summed E-state index contributed by atoms with van der Waals surface area (Å²) < 4.78 is 13.8. The summed E-state index contributed by atoms with van der Waals surface area (Å²) in [6.07, 6.45) is 1.49. The van der Waals surface area contributed by atoms with Crippen LogP contribution in [0.25, 0.3) is 0 Å². The van der Waals surface area contributed by atoms with Crippen LogP contribution in [0.5, 0.6) is 0 Å². The van der Waals surface area contributed by atoms with Gasteiger partial charge in [-0.05, 0) is 19.1 Å². The molecule has 1 aromatic carbocycles. The van der Waals surface area contributed by atoms with E-state index >= 15 is 0 Å². The Hall–Kier alpha value is -2.47. The smallest absolute Gasteiger partial charge is 0.319 e. The monoisotopic (exact) mass is 333 g/mol. The number of rotatable bonds is 3. The molecule has 1 aliphatic rings. The highest BCUT2D eigenvalue weighted by Gasteiger charge is 2.50. The average Bonchev–Trinajstić information content (AvgIpc) is 2.74. The molecule has 0 bridgehead atoms. The fraction of sp³-hybridized carbons (Fsp3) is 0.188. The normalized spacial score (nSPS) is 20.7. The first-order chi connectivity index (χ1) is 10.9. The summed E-state index contributed by atoms with van der Waals surface area (Å²) in [5.41, 5.74) is -0.665. The quantitative estimate of drug-likeness (QED) is 0.694. The van der Waals surface area contributed by atoms with Crippen LogP contribution in [-0.4, -0.2) is 21.8 Å². The number of carbonyl (C=O) groups is 2. The van der Waals surface area contributed by atoms with Crippen molar-refractivity contribution in [3.63, 3.8) is 0 Å². The molecule has 3 amide bonds. The van der Waals surface area contributed by atoms with Crippen LogP contribution in [0.15, 0.2) is 42.6 Å². The van der Waals surface area contributed by atoms with Gasteiger partial charge in [0.25, 0.3) is 5.91 Å². The van der Waals surface area contributed by atoms with Crippen molar-refractivity contribution < 1.29 is 14.0 Å². The van der Waals surface area contributed by atoms with Crippen molar-refractivity contribution in [2.45, 2.75) is 19.0 Å². The molecular formula is C16H13ClFN3O2. The highest BCUT2D eigenvalue weighted by molar-refractivity contribution is 6.30. The first-order valence-corrected chi connectivity index (χ1v) is 7.30. The second-order valence-corrected chi connectivity index (χ2v) is 5.74. The topological polar surface area (TPSA) is 62.3 Å². The molecule has 2 heterocycles. The molecule has 0 aliphatic carbocycles. The third-order valence-corrected chi connectivity index (χ3v) is 4.16. The maximum atomic E-state index is 13.8. The number of urea groups is 1. The zero-order chi connectivity index (χ0) is 16.6. The first kappa shape index (κ1) is 15.4. The lowest BCUT2D eigenvalue weighted by molar-refractivity contribution is -0.131. The van der Waals surface area contributed by atoms with Gasteiger partial charge in [0, 0.05) is 17.3 Å². The van der Waals surface area contributed by atoms with Gasteiger partial charge in [-0.15, -0.1) is 0 Å². The Morgan fingerprint density at radius 1 is 1.26 bits per heavy atom. The van der Waals surface area contributed by atoms with E-state index in [2.05, 4.69) is 10.3 Å². The second-order valence-electron chi connectivity index (χ2n) is 5.38. The molecular weight excluding hydrogens is 321 g/mol. The van der Waals surface area contributed by atoms with Crippen LogP contribution in [0.1, 0.15) is 18.1 Å². The zero-order valence-corrected chi connectivity index (χ0v) is 13.0. The minimum Gasteiger partial charge on any atom is -0.319 e. The molecule has 1 aliphatic heterocycles. The van der Waals surface area contributed by atoms with Gasteiger partial charge in [0.2, 0.25) is 0 Å². The van der Waals surface area contributed by atoms with Crippen LogP contribution < -0.4 is 5.32 Å². The van der Waals surface area contributed by atoms with Crippen molar-refractivity contribution in [2.24, 2.45) is 0 Å². The molecule has 2 aromatic rings. The van der Waals surface area contributed by atoms with Gasteiger partial charge in [0.1, 0.15) is 16.5 Å². The summed E-state index contributed by atoms with van der Waals surface area (Å²) in [4.78, 5) is 29.9. The van der Waals surface area contributed by atoms with E-state index < -0.39 is 23.3 Å². The van der Waals surface area contributed by atoms with Gasteiger partial charge < -0.3 is 5.32 Å². The van der Waals surface area contributed by atoms with Crippen molar-refractivity contribution >= 4 is 23.5 Å². The standard InChI is InChI=1S/C16H13ClFN3O2/c1-16(11-6-4-8-19-13(11)17)14(22)21(15(23)20-16)9-10-5-2-3-7-12(10)18/h2-8H,9H2,1H3,(H,20,23)/t16-/m0/s1. The summed E-state index contributed by atoms with van der Waals surface area (Å²) in [6, 6.07) is 8.66. The largest absolute Gasteiger partial charge is 0.325 e. The van der Waals surface area contributed by atoms with Crippen LogP contribution >= 0.6 is 11.6 Å². The lowest BCUT2D eigenvalue weighted by Crippen LogP contribution is -2.41. The number of pyridine rings is 1. The van der Waals surface area contributed by atoms with Gasteiger partial charge in [-0.1, -0.05) is 35.9 Å². The molecule has 1 N–H and O–H groups in total. The van der Waals surface area contributed by atoms with E-state index in [9.17, 15) is 14.0 Å². The third-order valence-electron chi connectivity index (χ3n) is 3.86. The Bertz CT molecular complexity index is 798. The molecule has 3 rings (SSSR count). The number of nitrogens with zero attached hydrogens (tertiary/aromatic N) is 2. The van der Waals surface area contributed by atoms with Crippen LogP contribution in [0.2, 0.25) is 5.15 Å². The fourth-order valence-corrected chi connectivity index (χ4v) is 2.89. The number of imide groups is 1. The summed E-state index contributed by atoms with van der Waals surface area (Å²) in [5.74, 6) is -0.971. The fourth-order valence-electron chi connectivity index (χ4n) is 2.58. The lowest BCUT2D eigenvalue weighted by atomic mass is 9.93. The maximum absolute atomic E-state index is 13.8. The number of amides is 3. The lowest BCUT2D eigenvalue weighted by Gasteiger charge is -2.22. The molecule has 0 saturated carbocycles. The molecule has 7 heteroatoms. The van der Waals surface area contributed by atoms with E-state index in [0.717, 1.165) is 4.90 Å². The number of benzene rings is 1. The Kier molecular flexibility index (Phi) is 3.77. The highest BCUT2D eigenvalue weighted by atomic mass is 35.5. The third kappa shape index (κ3) is 2.55. The number of carbonyl (C=O) groups excluding carboxylic acids is 2. The highest BCUT2D eigenvalue weighted by Crippen LogP contribution is 2.33. The Balaban J connectivity index is 1.94. The number of aromatic nitrogens is 1. The minimum atomic E-state index is -1.33. The van der Waals surface area contributed by atoms with E-state index in [1.807, 2.05) is 0 Å². The van der Waals surface area contributed by atoms with E-state index in [1.54, 1.807) is 31.2 Å². The molecule has 1 atom stereocenters. The zero-order valence-electron chi connectivity index (χ0n) is 12.2. The van der Waals surface area contributed by atoms with Gasteiger partial charge in [-0.2, -0.15) is 0 Å².